The number of benzene rings is 1. The van der Waals surface area contributed by atoms with Gasteiger partial charge in [0.2, 0.25) is 0 Å². The van der Waals surface area contributed by atoms with Gasteiger partial charge in [0.15, 0.2) is 5.76 Å². The number of hydrogen-bond acceptors (Lipinski definition) is 3. The average Bonchev–Trinajstić information content (AvgIpc) is 3.02. The lowest BCUT2D eigenvalue weighted by atomic mass is 10.1. The van der Waals surface area contributed by atoms with Crippen molar-refractivity contribution in [3.8, 4) is 0 Å². The largest absolute Gasteiger partial charge is 0.459 e. The summed E-state index contributed by atoms with van der Waals surface area (Å²) >= 11 is 0. The number of nitrogens with zero attached hydrogens (tertiary/aromatic N) is 1. The Hall–Kier alpha value is -2.07. The average molecular weight is 257 g/mol. The van der Waals surface area contributed by atoms with Gasteiger partial charge in [0.25, 0.3) is 5.91 Å². The van der Waals surface area contributed by atoms with Gasteiger partial charge in [-0.2, -0.15) is 0 Å². The fourth-order valence-electron chi connectivity index (χ4n) is 2.26. The van der Waals surface area contributed by atoms with Crippen LogP contribution in [0.4, 0.5) is 0 Å². The monoisotopic (exact) mass is 257 g/mol. The second-order valence-electron chi connectivity index (χ2n) is 4.50. The summed E-state index contributed by atoms with van der Waals surface area (Å²) in [5.74, 6) is 0.308. The predicted octanol–water partition coefficient (Wildman–Crippen LogP) is 2.49. The van der Waals surface area contributed by atoms with Crippen LogP contribution >= 0.6 is 0 Å². The van der Waals surface area contributed by atoms with Gasteiger partial charge in [-0.05, 0) is 17.7 Å². The molecule has 0 saturated carbocycles. The molecule has 4 nitrogen and oxygen atoms in total. The summed E-state index contributed by atoms with van der Waals surface area (Å²) in [6.45, 7) is 1.71. The maximum absolute atomic E-state index is 12.2. The molecule has 2 heterocycles. The number of rotatable bonds is 2. The van der Waals surface area contributed by atoms with Gasteiger partial charge >= 0.3 is 0 Å². The zero-order valence-electron chi connectivity index (χ0n) is 10.5. The second-order valence-corrected chi connectivity index (χ2v) is 4.50. The first-order valence-corrected chi connectivity index (χ1v) is 6.34. The van der Waals surface area contributed by atoms with Gasteiger partial charge in [-0.3, -0.25) is 4.79 Å². The summed E-state index contributed by atoms with van der Waals surface area (Å²) in [6.07, 6.45) is 1.45. The highest BCUT2D eigenvalue weighted by Crippen LogP contribution is 2.23. The van der Waals surface area contributed by atoms with E-state index in [4.69, 9.17) is 9.15 Å². The molecule has 1 aliphatic rings. The Morgan fingerprint density at radius 2 is 2.00 bits per heavy atom. The van der Waals surface area contributed by atoms with Crippen molar-refractivity contribution in [3.63, 3.8) is 0 Å². The maximum Gasteiger partial charge on any atom is 0.289 e. The molecule has 3 rings (SSSR count). The van der Waals surface area contributed by atoms with E-state index in [1.165, 1.54) is 6.26 Å². The van der Waals surface area contributed by atoms with Crippen molar-refractivity contribution in [2.24, 2.45) is 0 Å². The smallest absolute Gasteiger partial charge is 0.289 e. The van der Waals surface area contributed by atoms with E-state index in [1.807, 2.05) is 30.3 Å². The molecular formula is C15H15NO3. The molecule has 1 aliphatic heterocycles. The summed E-state index contributed by atoms with van der Waals surface area (Å²) in [5.41, 5.74) is 1.10. The molecule has 98 valence electrons. The molecular weight excluding hydrogens is 242 g/mol. The standard InChI is InChI=1S/C15H15NO3/c17-15(13-7-4-9-18-13)16-8-10-19-14(11-16)12-5-2-1-3-6-12/h1-7,9,14H,8,10-11H2/t14-/m1/s1. The lowest BCUT2D eigenvalue weighted by molar-refractivity contribution is -0.0237. The molecule has 1 aromatic carbocycles. The molecule has 1 saturated heterocycles. The zero-order valence-corrected chi connectivity index (χ0v) is 10.5. The Balaban J connectivity index is 1.73. The summed E-state index contributed by atoms with van der Waals surface area (Å²) in [4.78, 5) is 14.0. The van der Waals surface area contributed by atoms with Crippen molar-refractivity contribution in [2.75, 3.05) is 19.7 Å². The minimum atomic E-state index is -0.0748. The van der Waals surface area contributed by atoms with Crippen LogP contribution in [-0.2, 0) is 4.74 Å². The van der Waals surface area contributed by atoms with Crippen molar-refractivity contribution in [2.45, 2.75) is 6.10 Å². The SMILES string of the molecule is O=C(c1ccco1)N1CCO[C@@H](c2ccccc2)C1. The normalized spacial score (nSPS) is 19.4. The van der Waals surface area contributed by atoms with Crippen LogP contribution in [0, 0.1) is 0 Å². The Labute approximate surface area is 111 Å². The number of amides is 1. The molecule has 1 amide bonds. The number of carbonyl (C=O) groups is 1. The first kappa shape index (κ1) is 12.0. The first-order valence-electron chi connectivity index (χ1n) is 6.34. The van der Waals surface area contributed by atoms with Gasteiger partial charge in [0, 0.05) is 6.54 Å². The topological polar surface area (TPSA) is 42.7 Å². The number of ether oxygens (including phenoxy) is 1. The number of morpholine rings is 1. The lowest BCUT2D eigenvalue weighted by Gasteiger charge is -2.32. The number of furan rings is 1. The summed E-state index contributed by atoms with van der Waals surface area (Å²) in [5, 5.41) is 0. The predicted molar refractivity (Wildman–Crippen MR) is 69.7 cm³/mol. The molecule has 19 heavy (non-hydrogen) atoms. The third kappa shape index (κ3) is 2.53. The maximum atomic E-state index is 12.2. The van der Waals surface area contributed by atoms with E-state index in [0.29, 0.717) is 25.5 Å². The molecule has 4 heteroatoms. The lowest BCUT2D eigenvalue weighted by Crippen LogP contribution is -2.42. The molecule has 0 bridgehead atoms. The fraction of sp³-hybridized carbons (Fsp3) is 0.267. The molecule has 1 atom stereocenters. The molecule has 2 aromatic rings. The molecule has 0 unspecified atom stereocenters. The van der Waals surface area contributed by atoms with E-state index in [0.717, 1.165) is 5.56 Å². The van der Waals surface area contributed by atoms with Gasteiger partial charge in [-0.1, -0.05) is 30.3 Å². The Bertz CT molecular complexity index is 536. The molecule has 0 aliphatic carbocycles. The van der Waals surface area contributed by atoms with E-state index in [1.54, 1.807) is 17.0 Å². The quantitative estimate of drug-likeness (QED) is 0.830. The highest BCUT2D eigenvalue weighted by Gasteiger charge is 2.27. The number of carbonyl (C=O) groups excluding carboxylic acids is 1. The highest BCUT2D eigenvalue weighted by molar-refractivity contribution is 5.91. The second kappa shape index (κ2) is 5.28. The van der Waals surface area contributed by atoms with Crippen LogP contribution in [0.1, 0.15) is 22.2 Å². The van der Waals surface area contributed by atoms with Crippen molar-refractivity contribution >= 4 is 5.91 Å². The van der Waals surface area contributed by atoms with E-state index in [-0.39, 0.29) is 12.0 Å². The van der Waals surface area contributed by atoms with Crippen molar-refractivity contribution in [1.82, 2.24) is 4.90 Å². The zero-order chi connectivity index (χ0) is 13.1. The van der Waals surface area contributed by atoms with E-state index < -0.39 is 0 Å². The summed E-state index contributed by atoms with van der Waals surface area (Å²) < 4.78 is 10.9. The van der Waals surface area contributed by atoms with Crippen LogP contribution in [0.25, 0.3) is 0 Å². The fourth-order valence-corrected chi connectivity index (χ4v) is 2.26. The Morgan fingerprint density at radius 1 is 1.16 bits per heavy atom. The Morgan fingerprint density at radius 3 is 2.74 bits per heavy atom. The van der Waals surface area contributed by atoms with Gasteiger partial charge in [0.1, 0.15) is 6.10 Å². The molecule has 0 radical (unpaired) electrons. The van der Waals surface area contributed by atoms with Crippen LogP contribution in [0.2, 0.25) is 0 Å². The third-order valence-corrected chi connectivity index (χ3v) is 3.26. The van der Waals surface area contributed by atoms with Crippen molar-refractivity contribution in [3.05, 3.63) is 60.1 Å². The minimum Gasteiger partial charge on any atom is -0.459 e. The molecule has 1 aromatic heterocycles. The number of hydrogen-bond donors (Lipinski definition) is 0. The van der Waals surface area contributed by atoms with E-state index in [9.17, 15) is 4.79 Å². The van der Waals surface area contributed by atoms with Gasteiger partial charge < -0.3 is 14.1 Å². The summed E-state index contributed by atoms with van der Waals surface area (Å²) in [6, 6.07) is 13.4. The van der Waals surface area contributed by atoms with E-state index >= 15 is 0 Å². The third-order valence-electron chi connectivity index (χ3n) is 3.26. The summed E-state index contributed by atoms with van der Waals surface area (Å²) in [7, 11) is 0. The minimum absolute atomic E-state index is 0.0612. The Kier molecular flexibility index (Phi) is 3.33. The van der Waals surface area contributed by atoms with Crippen molar-refractivity contribution in [1.29, 1.82) is 0 Å². The first-order chi connectivity index (χ1) is 9.34. The van der Waals surface area contributed by atoms with Gasteiger partial charge in [-0.15, -0.1) is 0 Å². The van der Waals surface area contributed by atoms with Gasteiger partial charge in [-0.25, -0.2) is 0 Å². The van der Waals surface area contributed by atoms with Crippen LogP contribution in [0.3, 0.4) is 0 Å². The molecule has 0 spiro atoms. The molecule has 1 fully saturated rings. The molecule has 0 N–H and O–H groups in total. The highest BCUT2D eigenvalue weighted by atomic mass is 16.5. The van der Waals surface area contributed by atoms with Gasteiger partial charge in [0.05, 0.1) is 19.4 Å². The van der Waals surface area contributed by atoms with Crippen LogP contribution in [-0.4, -0.2) is 30.5 Å². The van der Waals surface area contributed by atoms with E-state index in [2.05, 4.69) is 0 Å². The van der Waals surface area contributed by atoms with Crippen LogP contribution in [0.5, 0.6) is 0 Å². The van der Waals surface area contributed by atoms with Crippen LogP contribution in [0.15, 0.2) is 53.1 Å². The van der Waals surface area contributed by atoms with Crippen LogP contribution < -0.4 is 0 Å². The van der Waals surface area contributed by atoms with Crippen molar-refractivity contribution < 1.29 is 13.9 Å².